The van der Waals surface area contributed by atoms with E-state index >= 15 is 0 Å². The molecule has 0 radical (unpaired) electrons. The van der Waals surface area contributed by atoms with E-state index in [1.54, 1.807) is 12.1 Å². The first-order chi connectivity index (χ1) is 10.1. The zero-order chi connectivity index (χ0) is 15.2. The molecule has 0 heterocycles. The smallest absolute Gasteiger partial charge is 0.129 e. The van der Waals surface area contributed by atoms with Gasteiger partial charge in [-0.05, 0) is 49.2 Å². The summed E-state index contributed by atoms with van der Waals surface area (Å²) in [6.45, 7) is 2.91. The molecule has 1 atom stereocenters. The second-order valence-electron chi connectivity index (χ2n) is 4.98. The van der Waals surface area contributed by atoms with Crippen LogP contribution in [-0.4, -0.2) is 6.54 Å². The van der Waals surface area contributed by atoms with Crippen LogP contribution in [0, 0.1) is 5.82 Å². The summed E-state index contributed by atoms with van der Waals surface area (Å²) in [7, 11) is 0. The molecule has 4 heteroatoms. The summed E-state index contributed by atoms with van der Waals surface area (Å²) >= 11 is 9.68. The highest BCUT2D eigenvalue weighted by Gasteiger charge is 2.19. The van der Waals surface area contributed by atoms with Gasteiger partial charge in [0.25, 0.3) is 0 Å². The molecule has 0 spiro atoms. The summed E-state index contributed by atoms with van der Waals surface area (Å²) in [5.74, 6) is -0.258. The maximum Gasteiger partial charge on any atom is 0.129 e. The molecule has 1 unspecified atom stereocenters. The topological polar surface area (TPSA) is 12.0 Å². The minimum Gasteiger partial charge on any atom is -0.310 e. The van der Waals surface area contributed by atoms with E-state index in [1.165, 1.54) is 6.07 Å². The van der Waals surface area contributed by atoms with Crippen molar-refractivity contribution in [3.8, 4) is 0 Å². The van der Waals surface area contributed by atoms with Crippen LogP contribution in [0.4, 0.5) is 4.39 Å². The first-order valence-electron chi connectivity index (χ1n) is 7.03. The van der Waals surface area contributed by atoms with Crippen LogP contribution in [0.5, 0.6) is 0 Å². The van der Waals surface area contributed by atoms with Gasteiger partial charge in [0, 0.05) is 21.1 Å². The molecule has 2 aromatic carbocycles. The van der Waals surface area contributed by atoms with E-state index in [1.807, 2.05) is 18.2 Å². The van der Waals surface area contributed by atoms with Gasteiger partial charge in [-0.25, -0.2) is 4.39 Å². The molecule has 0 fully saturated rings. The Bertz CT molecular complexity index is 583. The van der Waals surface area contributed by atoms with Crippen molar-refractivity contribution in [2.24, 2.45) is 0 Å². The summed E-state index contributed by atoms with van der Waals surface area (Å²) in [6, 6.07) is 12.8. The van der Waals surface area contributed by atoms with Crippen molar-refractivity contribution in [1.29, 1.82) is 0 Å². The molecule has 0 bridgehead atoms. The fraction of sp³-hybridized carbons (Fsp3) is 0.294. The molecule has 0 amide bonds. The van der Waals surface area contributed by atoms with Crippen LogP contribution in [0.2, 0.25) is 5.02 Å². The van der Waals surface area contributed by atoms with Crippen LogP contribution in [0.25, 0.3) is 0 Å². The lowest BCUT2D eigenvalue weighted by Gasteiger charge is -2.21. The fourth-order valence-corrected chi connectivity index (χ4v) is 3.08. The Kier molecular flexibility index (Phi) is 6.22. The van der Waals surface area contributed by atoms with Crippen LogP contribution in [0.3, 0.4) is 0 Å². The maximum atomic E-state index is 14.2. The maximum absolute atomic E-state index is 14.2. The van der Waals surface area contributed by atoms with Crippen molar-refractivity contribution in [3.05, 3.63) is 68.9 Å². The van der Waals surface area contributed by atoms with E-state index in [0.29, 0.717) is 17.0 Å². The highest BCUT2D eigenvalue weighted by molar-refractivity contribution is 9.10. The average molecular weight is 371 g/mol. The predicted octanol–water partition coefficient (Wildman–Crippen LogP) is 5.53. The van der Waals surface area contributed by atoms with Crippen molar-refractivity contribution in [1.82, 2.24) is 5.32 Å². The van der Waals surface area contributed by atoms with Gasteiger partial charge >= 0.3 is 0 Å². The molecule has 2 rings (SSSR count). The molecule has 0 aliphatic rings. The molecular weight excluding hydrogens is 353 g/mol. The quantitative estimate of drug-likeness (QED) is 0.705. The van der Waals surface area contributed by atoms with E-state index < -0.39 is 0 Å². The zero-order valence-corrected chi connectivity index (χ0v) is 14.2. The van der Waals surface area contributed by atoms with Crippen molar-refractivity contribution < 1.29 is 4.39 Å². The summed E-state index contributed by atoms with van der Waals surface area (Å²) in [4.78, 5) is 0. The Balaban J connectivity index is 2.30. The molecule has 1 N–H and O–H groups in total. The average Bonchev–Trinajstić information content (AvgIpc) is 2.44. The highest BCUT2D eigenvalue weighted by Crippen LogP contribution is 2.29. The lowest BCUT2D eigenvalue weighted by Crippen LogP contribution is -2.25. The number of nitrogens with one attached hydrogen (secondary N) is 1. The number of rotatable bonds is 6. The zero-order valence-electron chi connectivity index (χ0n) is 11.9. The first kappa shape index (κ1) is 16.5. The number of halogens is 3. The van der Waals surface area contributed by atoms with Crippen molar-refractivity contribution in [2.45, 2.75) is 25.8 Å². The van der Waals surface area contributed by atoms with Gasteiger partial charge < -0.3 is 5.32 Å². The summed E-state index contributed by atoms with van der Waals surface area (Å²) in [5, 5.41) is 3.87. The monoisotopic (exact) mass is 369 g/mol. The Hall–Kier alpha value is -0.900. The van der Waals surface area contributed by atoms with E-state index in [-0.39, 0.29) is 11.9 Å². The SMILES string of the molecule is CCCNC(Cc1cccc(Br)c1)c1c(F)cccc1Cl. The lowest BCUT2D eigenvalue weighted by molar-refractivity contribution is 0.497. The van der Waals surface area contributed by atoms with Gasteiger partial charge in [0.05, 0.1) is 0 Å². The van der Waals surface area contributed by atoms with Gasteiger partial charge in [0.1, 0.15) is 5.82 Å². The molecular formula is C17H18BrClFN. The van der Waals surface area contributed by atoms with Gasteiger partial charge in [-0.1, -0.05) is 52.7 Å². The Morgan fingerprint density at radius 2 is 2.00 bits per heavy atom. The predicted molar refractivity (Wildman–Crippen MR) is 90.3 cm³/mol. The van der Waals surface area contributed by atoms with E-state index in [9.17, 15) is 4.39 Å². The number of hydrogen-bond acceptors (Lipinski definition) is 1. The third kappa shape index (κ3) is 4.53. The molecule has 0 saturated carbocycles. The standard InChI is InChI=1S/C17H18BrClFN/c1-2-9-21-16(11-12-5-3-6-13(18)10-12)17-14(19)7-4-8-15(17)20/h3-8,10,16,21H,2,9,11H2,1H3. The molecule has 0 saturated heterocycles. The van der Waals surface area contributed by atoms with Crippen molar-refractivity contribution in [3.63, 3.8) is 0 Å². The molecule has 0 aliphatic carbocycles. The van der Waals surface area contributed by atoms with Crippen molar-refractivity contribution in [2.75, 3.05) is 6.54 Å². The summed E-state index contributed by atoms with van der Waals surface area (Å²) < 4.78 is 15.2. The largest absolute Gasteiger partial charge is 0.310 e. The molecule has 0 aliphatic heterocycles. The van der Waals surface area contributed by atoms with Crippen LogP contribution in [0.1, 0.15) is 30.5 Å². The Morgan fingerprint density at radius 1 is 1.24 bits per heavy atom. The van der Waals surface area contributed by atoms with Crippen LogP contribution in [0.15, 0.2) is 46.9 Å². The van der Waals surface area contributed by atoms with Crippen LogP contribution in [-0.2, 0) is 6.42 Å². The first-order valence-corrected chi connectivity index (χ1v) is 8.20. The summed E-state index contributed by atoms with van der Waals surface area (Å²) in [5.41, 5.74) is 1.69. The third-order valence-electron chi connectivity index (χ3n) is 3.32. The number of benzene rings is 2. The van der Waals surface area contributed by atoms with E-state index in [4.69, 9.17) is 11.6 Å². The Morgan fingerprint density at radius 3 is 2.67 bits per heavy atom. The highest BCUT2D eigenvalue weighted by atomic mass is 79.9. The second-order valence-corrected chi connectivity index (χ2v) is 6.30. The molecule has 2 aromatic rings. The van der Waals surface area contributed by atoms with Crippen molar-refractivity contribution >= 4 is 27.5 Å². The normalized spacial score (nSPS) is 12.4. The molecule has 21 heavy (non-hydrogen) atoms. The summed E-state index contributed by atoms with van der Waals surface area (Å²) in [6.07, 6.45) is 1.68. The van der Waals surface area contributed by atoms with Crippen LogP contribution < -0.4 is 5.32 Å². The van der Waals surface area contributed by atoms with E-state index in [0.717, 1.165) is 23.0 Å². The molecule has 0 aromatic heterocycles. The Labute approximate surface area is 138 Å². The van der Waals surface area contributed by atoms with Gasteiger partial charge in [-0.15, -0.1) is 0 Å². The van der Waals surface area contributed by atoms with Gasteiger partial charge in [0.15, 0.2) is 0 Å². The molecule has 112 valence electrons. The second kappa shape index (κ2) is 7.92. The van der Waals surface area contributed by atoms with E-state index in [2.05, 4.69) is 34.2 Å². The minimum absolute atomic E-state index is 0.132. The molecule has 1 nitrogen and oxygen atoms in total. The van der Waals surface area contributed by atoms with Crippen LogP contribution >= 0.6 is 27.5 Å². The minimum atomic E-state index is -0.258. The third-order valence-corrected chi connectivity index (χ3v) is 4.14. The fourth-order valence-electron chi connectivity index (χ4n) is 2.34. The van der Waals surface area contributed by atoms with Gasteiger partial charge in [0.2, 0.25) is 0 Å². The lowest BCUT2D eigenvalue weighted by atomic mass is 9.98. The van der Waals surface area contributed by atoms with Gasteiger partial charge in [-0.3, -0.25) is 0 Å². The van der Waals surface area contributed by atoms with Gasteiger partial charge in [-0.2, -0.15) is 0 Å². The number of hydrogen-bond donors (Lipinski definition) is 1.